The first-order chi connectivity index (χ1) is 4.43. The average Bonchev–Trinajstić information content (AvgIpc) is 2.13. The smallest absolute Gasteiger partial charge is 0.0577 e. The fourth-order valence-electron chi connectivity index (χ4n) is 0.671. The molecule has 0 saturated carbocycles. The Hall–Kier alpha value is -0.860. The molecule has 0 saturated heterocycles. The van der Waals surface area contributed by atoms with Gasteiger partial charge in [0.25, 0.3) is 0 Å². The molecule has 0 aromatic heterocycles. The molecule has 0 aliphatic heterocycles. The maximum absolute atomic E-state index is 5.19. The third-order valence-corrected chi connectivity index (χ3v) is 1.16. The zero-order valence-electron chi connectivity index (χ0n) is 5.12. The first-order valence-corrected chi connectivity index (χ1v) is 2.91. The number of hydrazine groups is 1. The Morgan fingerprint density at radius 1 is 1.00 bits per heavy atom. The van der Waals surface area contributed by atoms with Crippen molar-refractivity contribution in [3.05, 3.63) is 36.5 Å². The van der Waals surface area contributed by atoms with E-state index in [1.807, 2.05) is 36.5 Å². The van der Waals surface area contributed by atoms with Crippen molar-refractivity contribution in [3.8, 4) is 0 Å². The van der Waals surface area contributed by atoms with Crippen molar-refractivity contribution in [1.29, 1.82) is 0 Å². The quantitative estimate of drug-likeness (QED) is 0.392. The molecule has 0 radical (unpaired) electrons. The molecule has 0 aromatic carbocycles. The van der Waals surface area contributed by atoms with Crippen molar-refractivity contribution in [1.82, 2.24) is 5.43 Å². The summed E-state index contributed by atoms with van der Waals surface area (Å²) in [6.07, 6.45) is 11.8. The molecule has 0 spiro atoms. The van der Waals surface area contributed by atoms with Crippen molar-refractivity contribution in [3.63, 3.8) is 0 Å². The third-order valence-electron chi connectivity index (χ3n) is 1.16. The number of hydrogen-bond acceptors (Lipinski definition) is 2. The molecule has 0 heterocycles. The minimum absolute atomic E-state index is 0.181. The Morgan fingerprint density at radius 3 is 2.00 bits per heavy atom. The van der Waals surface area contributed by atoms with Crippen LogP contribution >= 0.6 is 0 Å². The Labute approximate surface area is 54.7 Å². The topological polar surface area (TPSA) is 38.0 Å². The monoisotopic (exact) mass is 122 g/mol. The number of rotatable bonds is 1. The van der Waals surface area contributed by atoms with Gasteiger partial charge in [0.05, 0.1) is 6.04 Å². The number of allylic oxidation sites excluding steroid dienone is 4. The lowest BCUT2D eigenvalue weighted by atomic mass is 10.3. The van der Waals surface area contributed by atoms with Crippen LogP contribution in [0.5, 0.6) is 0 Å². The zero-order valence-corrected chi connectivity index (χ0v) is 5.12. The summed E-state index contributed by atoms with van der Waals surface area (Å²) in [6, 6.07) is 0.181. The molecule has 3 N–H and O–H groups in total. The lowest BCUT2D eigenvalue weighted by molar-refractivity contribution is 0.720. The molecule has 1 aliphatic carbocycles. The number of nitrogens with two attached hydrogens (primary N) is 1. The van der Waals surface area contributed by atoms with E-state index in [-0.39, 0.29) is 6.04 Å². The predicted molar refractivity (Wildman–Crippen MR) is 38.5 cm³/mol. The van der Waals surface area contributed by atoms with Gasteiger partial charge in [-0.1, -0.05) is 36.5 Å². The highest BCUT2D eigenvalue weighted by molar-refractivity contribution is 5.21. The van der Waals surface area contributed by atoms with Gasteiger partial charge in [-0.05, 0) is 0 Å². The van der Waals surface area contributed by atoms with Crippen LogP contribution in [0, 0.1) is 0 Å². The van der Waals surface area contributed by atoms with E-state index in [1.54, 1.807) is 0 Å². The van der Waals surface area contributed by atoms with E-state index in [9.17, 15) is 0 Å². The highest BCUT2D eigenvalue weighted by Gasteiger charge is 1.92. The van der Waals surface area contributed by atoms with Crippen molar-refractivity contribution >= 4 is 0 Å². The van der Waals surface area contributed by atoms with Gasteiger partial charge < -0.3 is 0 Å². The zero-order chi connectivity index (χ0) is 6.53. The van der Waals surface area contributed by atoms with Gasteiger partial charge in [0.1, 0.15) is 0 Å². The SMILES string of the molecule is NNC1C=CC=CC=C1. The molecular weight excluding hydrogens is 112 g/mol. The van der Waals surface area contributed by atoms with Gasteiger partial charge in [-0.25, -0.2) is 5.43 Å². The van der Waals surface area contributed by atoms with E-state index >= 15 is 0 Å². The highest BCUT2D eigenvalue weighted by Crippen LogP contribution is 1.93. The first-order valence-electron chi connectivity index (χ1n) is 2.91. The Morgan fingerprint density at radius 2 is 1.56 bits per heavy atom. The predicted octanol–water partition coefficient (Wildman–Crippen LogP) is 0.500. The molecule has 1 rings (SSSR count). The lowest BCUT2D eigenvalue weighted by Gasteiger charge is -2.01. The summed E-state index contributed by atoms with van der Waals surface area (Å²) in [6.45, 7) is 0. The van der Waals surface area contributed by atoms with E-state index in [4.69, 9.17) is 5.84 Å². The van der Waals surface area contributed by atoms with Crippen LogP contribution < -0.4 is 11.3 Å². The van der Waals surface area contributed by atoms with E-state index < -0.39 is 0 Å². The van der Waals surface area contributed by atoms with E-state index in [1.165, 1.54) is 0 Å². The molecule has 48 valence electrons. The molecule has 2 heteroatoms. The summed E-state index contributed by atoms with van der Waals surface area (Å²) >= 11 is 0. The van der Waals surface area contributed by atoms with E-state index in [0.29, 0.717) is 0 Å². The molecular formula is C7H10N2. The molecule has 0 unspecified atom stereocenters. The number of nitrogens with one attached hydrogen (secondary N) is 1. The van der Waals surface area contributed by atoms with Crippen molar-refractivity contribution < 1.29 is 0 Å². The fourth-order valence-corrected chi connectivity index (χ4v) is 0.671. The summed E-state index contributed by atoms with van der Waals surface area (Å²) < 4.78 is 0. The van der Waals surface area contributed by atoms with Crippen LogP contribution in [0.25, 0.3) is 0 Å². The highest BCUT2D eigenvalue weighted by atomic mass is 15.2. The second-order valence-corrected chi connectivity index (χ2v) is 1.85. The van der Waals surface area contributed by atoms with Gasteiger partial charge in [-0.2, -0.15) is 0 Å². The van der Waals surface area contributed by atoms with Crippen LogP contribution in [0.1, 0.15) is 0 Å². The molecule has 0 bridgehead atoms. The van der Waals surface area contributed by atoms with Gasteiger partial charge >= 0.3 is 0 Å². The molecule has 9 heavy (non-hydrogen) atoms. The summed E-state index contributed by atoms with van der Waals surface area (Å²) in [5.41, 5.74) is 2.63. The molecule has 0 amide bonds. The minimum Gasteiger partial charge on any atom is -0.271 e. The Kier molecular flexibility index (Phi) is 2.24. The molecule has 2 nitrogen and oxygen atoms in total. The fraction of sp³-hybridized carbons (Fsp3) is 0.143. The van der Waals surface area contributed by atoms with Gasteiger partial charge in [0, 0.05) is 0 Å². The average molecular weight is 122 g/mol. The van der Waals surface area contributed by atoms with Crippen LogP contribution in [0.15, 0.2) is 36.5 Å². The van der Waals surface area contributed by atoms with Crippen molar-refractivity contribution in [2.75, 3.05) is 0 Å². The summed E-state index contributed by atoms with van der Waals surface area (Å²) in [5.74, 6) is 5.19. The Balaban J connectivity index is 2.58. The van der Waals surface area contributed by atoms with Gasteiger partial charge in [-0.3, -0.25) is 5.84 Å². The second kappa shape index (κ2) is 3.22. The molecule has 0 atom stereocenters. The van der Waals surface area contributed by atoms with Crippen LogP contribution in [0.4, 0.5) is 0 Å². The summed E-state index contributed by atoms with van der Waals surface area (Å²) in [5, 5.41) is 0. The van der Waals surface area contributed by atoms with Gasteiger partial charge in [-0.15, -0.1) is 0 Å². The van der Waals surface area contributed by atoms with Gasteiger partial charge in [0.15, 0.2) is 0 Å². The maximum Gasteiger partial charge on any atom is 0.0577 e. The van der Waals surface area contributed by atoms with Crippen LogP contribution in [0.3, 0.4) is 0 Å². The Bertz CT molecular complexity index is 140. The maximum atomic E-state index is 5.19. The second-order valence-electron chi connectivity index (χ2n) is 1.85. The normalized spacial score (nSPS) is 18.3. The molecule has 0 fully saturated rings. The van der Waals surface area contributed by atoms with Gasteiger partial charge in [0.2, 0.25) is 0 Å². The summed E-state index contributed by atoms with van der Waals surface area (Å²) in [7, 11) is 0. The van der Waals surface area contributed by atoms with E-state index in [0.717, 1.165) is 0 Å². The number of hydrogen-bond donors (Lipinski definition) is 2. The minimum atomic E-state index is 0.181. The largest absolute Gasteiger partial charge is 0.271 e. The molecule has 1 aliphatic rings. The standard InChI is InChI=1S/C7H10N2/c8-9-7-5-3-1-2-4-6-7/h1-7,9H,8H2. The van der Waals surface area contributed by atoms with Crippen molar-refractivity contribution in [2.24, 2.45) is 5.84 Å². The van der Waals surface area contributed by atoms with E-state index in [2.05, 4.69) is 5.43 Å². The van der Waals surface area contributed by atoms with Crippen molar-refractivity contribution in [2.45, 2.75) is 6.04 Å². The van der Waals surface area contributed by atoms with Crippen LogP contribution in [-0.2, 0) is 0 Å². The first kappa shape index (κ1) is 6.26. The van der Waals surface area contributed by atoms with Crippen LogP contribution in [-0.4, -0.2) is 6.04 Å². The summed E-state index contributed by atoms with van der Waals surface area (Å²) in [4.78, 5) is 0. The van der Waals surface area contributed by atoms with Crippen LogP contribution in [0.2, 0.25) is 0 Å². The lowest BCUT2D eigenvalue weighted by Crippen LogP contribution is -2.31. The molecule has 0 aromatic rings. The third kappa shape index (κ3) is 1.83.